The maximum atomic E-state index is 12.3. The number of carbonyl (C=O) groups excluding carboxylic acids is 1. The number of aromatic nitrogens is 5. The van der Waals surface area contributed by atoms with E-state index in [0.29, 0.717) is 19.7 Å². The van der Waals surface area contributed by atoms with E-state index in [1.54, 1.807) is 6.20 Å². The van der Waals surface area contributed by atoms with Crippen molar-refractivity contribution in [2.45, 2.75) is 45.6 Å². The van der Waals surface area contributed by atoms with E-state index in [9.17, 15) is 4.79 Å². The van der Waals surface area contributed by atoms with Gasteiger partial charge in [0, 0.05) is 45.1 Å². The van der Waals surface area contributed by atoms with Crippen LogP contribution < -0.4 is 0 Å². The topological polar surface area (TPSA) is 78.1 Å². The first kappa shape index (κ1) is 18.6. The SMILES string of the molecule is CCCOCC(=O)N1CCCC(c2nnc(Cn3ccnc3C)n2C)C1. The predicted octanol–water partition coefficient (Wildman–Crippen LogP) is 1.50. The number of ether oxygens (including phenoxy) is 1. The first-order chi connectivity index (χ1) is 12.6. The molecule has 1 fully saturated rings. The van der Waals surface area contributed by atoms with E-state index < -0.39 is 0 Å². The number of imidazole rings is 1. The van der Waals surface area contributed by atoms with Crippen LogP contribution in [0.2, 0.25) is 0 Å². The molecule has 0 saturated carbocycles. The number of nitrogens with zero attached hydrogens (tertiary/aromatic N) is 6. The van der Waals surface area contributed by atoms with Gasteiger partial charge in [0.15, 0.2) is 5.82 Å². The first-order valence-corrected chi connectivity index (χ1v) is 9.31. The molecule has 0 N–H and O–H groups in total. The molecule has 1 unspecified atom stereocenters. The van der Waals surface area contributed by atoms with Crippen LogP contribution in [0.4, 0.5) is 0 Å². The van der Waals surface area contributed by atoms with E-state index in [2.05, 4.69) is 24.3 Å². The van der Waals surface area contributed by atoms with Crippen molar-refractivity contribution in [2.24, 2.45) is 7.05 Å². The summed E-state index contributed by atoms with van der Waals surface area (Å²) >= 11 is 0. The minimum Gasteiger partial charge on any atom is -0.372 e. The quantitative estimate of drug-likeness (QED) is 0.699. The van der Waals surface area contributed by atoms with Crippen LogP contribution in [0.3, 0.4) is 0 Å². The van der Waals surface area contributed by atoms with Gasteiger partial charge < -0.3 is 18.8 Å². The molecule has 8 heteroatoms. The molecule has 0 radical (unpaired) electrons. The zero-order chi connectivity index (χ0) is 18.5. The molecule has 1 aliphatic rings. The average molecular weight is 360 g/mol. The third-order valence-corrected chi connectivity index (χ3v) is 4.95. The molecule has 0 aliphatic carbocycles. The zero-order valence-electron chi connectivity index (χ0n) is 15.9. The second kappa shape index (κ2) is 8.44. The molecule has 1 saturated heterocycles. The van der Waals surface area contributed by atoms with Gasteiger partial charge in [-0.25, -0.2) is 4.98 Å². The summed E-state index contributed by atoms with van der Waals surface area (Å²) in [6.45, 7) is 6.94. The van der Waals surface area contributed by atoms with Crippen molar-refractivity contribution in [1.29, 1.82) is 0 Å². The summed E-state index contributed by atoms with van der Waals surface area (Å²) < 4.78 is 9.52. The van der Waals surface area contributed by atoms with E-state index in [0.717, 1.165) is 43.3 Å². The number of hydrogen-bond acceptors (Lipinski definition) is 5. The molecule has 2 aromatic heterocycles. The molecule has 1 atom stereocenters. The third kappa shape index (κ3) is 4.12. The van der Waals surface area contributed by atoms with Gasteiger partial charge in [-0.2, -0.15) is 0 Å². The molecule has 3 heterocycles. The Labute approximate surface area is 154 Å². The number of hydrogen-bond donors (Lipinski definition) is 0. The van der Waals surface area contributed by atoms with E-state index in [4.69, 9.17) is 4.74 Å². The van der Waals surface area contributed by atoms with E-state index in [-0.39, 0.29) is 18.4 Å². The predicted molar refractivity (Wildman–Crippen MR) is 96.7 cm³/mol. The van der Waals surface area contributed by atoms with Gasteiger partial charge in [0.2, 0.25) is 5.91 Å². The lowest BCUT2D eigenvalue weighted by atomic mass is 9.97. The molecule has 2 aromatic rings. The van der Waals surface area contributed by atoms with Crippen molar-refractivity contribution in [1.82, 2.24) is 29.2 Å². The molecule has 8 nitrogen and oxygen atoms in total. The third-order valence-electron chi connectivity index (χ3n) is 4.95. The molecule has 1 aliphatic heterocycles. The zero-order valence-corrected chi connectivity index (χ0v) is 15.9. The second-order valence-corrected chi connectivity index (χ2v) is 6.87. The molecule has 0 aromatic carbocycles. The van der Waals surface area contributed by atoms with Crippen LogP contribution in [0, 0.1) is 6.92 Å². The van der Waals surface area contributed by atoms with Crippen LogP contribution in [0.15, 0.2) is 12.4 Å². The molecular formula is C18H28N6O2. The highest BCUT2D eigenvalue weighted by molar-refractivity contribution is 5.77. The Morgan fingerprint density at radius 2 is 2.23 bits per heavy atom. The number of amides is 1. The van der Waals surface area contributed by atoms with Crippen molar-refractivity contribution in [3.8, 4) is 0 Å². The lowest BCUT2D eigenvalue weighted by molar-refractivity contribution is -0.137. The van der Waals surface area contributed by atoms with Crippen LogP contribution in [0.25, 0.3) is 0 Å². The molecular weight excluding hydrogens is 332 g/mol. The Bertz CT molecular complexity index is 738. The molecule has 142 valence electrons. The highest BCUT2D eigenvalue weighted by Gasteiger charge is 2.28. The Morgan fingerprint density at radius 1 is 1.38 bits per heavy atom. The van der Waals surface area contributed by atoms with Crippen LogP contribution in [-0.2, 0) is 23.1 Å². The van der Waals surface area contributed by atoms with Crippen molar-refractivity contribution >= 4 is 5.91 Å². The van der Waals surface area contributed by atoms with Crippen molar-refractivity contribution in [3.63, 3.8) is 0 Å². The molecule has 26 heavy (non-hydrogen) atoms. The summed E-state index contributed by atoms with van der Waals surface area (Å²) in [5, 5.41) is 8.80. The first-order valence-electron chi connectivity index (χ1n) is 9.31. The fourth-order valence-corrected chi connectivity index (χ4v) is 3.40. The lowest BCUT2D eigenvalue weighted by Crippen LogP contribution is -2.41. The highest BCUT2D eigenvalue weighted by atomic mass is 16.5. The summed E-state index contributed by atoms with van der Waals surface area (Å²) in [5.74, 6) is 3.09. The number of aryl methyl sites for hydroxylation is 1. The van der Waals surface area contributed by atoms with E-state index >= 15 is 0 Å². The molecule has 1 amide bonds. The van der Waals surface area contributed by atoms with Crippen molar-refractivity contribution in [3.05, 3.63) is 29.9 Å². The van der Waals surface area contributed by atoms with Crippen LogP contribution in [-0.4, -0.2) is 61.4 Å². The Hall–Kier alpha value is -2.22. The van der Waals surface area contributed by atoms with Gasteiger partial charge in [0.25, 0.3) is 0 Å². The minimum absolute atomic E-state index is 0.0691. The van der Waals surface area contributed by atoms with E-state index in [1.807, 2.05) is 32.0 Å². The largest absolute Gasteiger partial charge is 0.372 e. The Morgan fingerprint density at radius 3 is 2.96 bits per heavy atom. The maximum Gasteiger partial charge on any atom is 0.248 e. The average Bonchev–Trinajstić information content (AvgIpc) is 3.22. The van der Waals surface area contributed by atoms with Gasteiger partial charge in [0.05, 0.1) is 6.54 Å². The highest BCUT2D eigenvalue weighted by Crippen LogP contribution is 2.26. The van der Waals surface area contributed by atoms with Gasteiger partial charge in [-0.15, -0.1) is 10.2 Å². The van der Waals surface area contributed by atoms with Crippen LogP contribution in [0.1, 0.15) is 49.6 Å². The summed E-state index contributed by atoms with van der Waals surface area (Å²) in [7, 11) is 2.00. The lowest BCUT2D eigenvalue weighted by Gasteiger charge is -2.32. The molecule has 0 spiro atoms. The fraction of sp³-hybridized carbons (Fsp3) is 0.667. The number of likely N-dealkylation sites (tertiary alicyclic amines) is 1. The number of rotatable bonds is 7. The summed E-state index contributed by atoms with van der Waals surface area (Å²) in [4.78, 5) is 18.5. The fourth-order valence-electron chi connectivity index (χ4n) is 3.40. The van der Waals surface area contributed by atoms with Crippen molar-refractivity contribution in [2.75, 3.05) is 26.3 Å². The second-order valence-electron chi connectivity index (χ2n) is 6.87. The van der Waals surface area contributed by atoms with Gasteiger partial charge >= 0.3 is 0 Å². The molecule has 3 rings (SSSR count). The maximum absolute atomic E-state index is 12.3. The van der Waals surface area contributed by atoms with Crippen molar-refractivity contribution < 1.29 is 9.53 Å². The van der Waals surface area contributed by atoms with Gasteiger partial charge in [-0.05, 0) is 26.2 Å². The van der Waals surface area contributed by atoms with E-state index in [1.165, 1.54) is 0 Å². The Kier molecular flexibility index (Phi) is 6.03. The van der Waals surface area contributed by atoms with Gasteiger partial charge in [0.1, 0.15) is 18.3 Å². The monoisotopic (exact) mass is 360 g/mol. The normalized spacial score (nSPS) is 17.7. The number of piperidine rings is 1. The Balaban J connectivity index is 1.65. The summed E-state index contributed by atoms with van der Waals surface area (Å²) in [5.41, 5.74) is 0. The van der Waals surface area contributed by atoms with Gasteiger partial charge in [-0.1, -0.05) is 6.92 Å². The summed E-state index contributed by atoms with van der Waals surface area (Å²) in [6.07, 6.45) is 6.66. The van der Waals surface area contributed by atoms with Crippen LogP contribution in [0.5, 0.6) is 0 Å². The smallest absolute Gasteiger partial charge is 0.248 e. The van der Waals surface area contributed by atoms with Crippen LogP contribution >= 0.6 is 0 Å². The molecule has 0 bridgehead atoms. The number of carbonyl (C=O) groups is 1. The van der Waals surface area contributed by atoms with Gasteiger partial charge in [-0.3, -0.25) is 4.79 Å². The minimum atomic E-state index is 0.0691. The standard InChI is InChI=1S/C18H28N6O2/c1-4-10-26-13-17(25)24-8-5-6-15(11-24)18-21-20-16(22(18)3)12-23-9-7-19-14(23)2/h7,9,15H,4-6,8,10-13H2,1-3H3. The summed E-state index contributed by atoms with van der Waals surface area (Å²) in [6, 6.07) is 0.